The first-order valence-electron chi connectivity index (χ1n) is 8.41. The Balaban J connectivity index is 2.33. The van der Waals surface area contributed by atoms with Crippen LogP contribution in [0.1, 0.15) is 36.5 Å². The molecule has 2 atom stereocenters. The van der Waals surface area contributed by atoms with Crippen LogP contribution < -0.4 is 11.3 Å². The highest BCUT2D eigenvalue weighted by molar-refractivity contribution is 6.03. The van der Waals surface area contributed by atoms with Crippen LogP contribution in [0.3, 0.4) is 0 Å². The van der Waals surface area contributed by atoms with Crippen LogP contribution in [0, 0.1) is 6.92 Å². The summed E-state index contributed by atoms with van der Waals surface area (Å²) < 4.78 is 32.4. The molecular formula is C15H15N3O3. The lowest BCUT2D eigenvalue weighted by molar-refractivity contribution is -0.132. The molecule has 6 nitrogen and oxygen atoms in total. The third-order valence-corrected chi connectivity index (χ3v) is 3.41. The number of anilines is 1. The number of hydrogen-bond donors (Lipinski definition) is 1. The lowest BCUT2D eigenvalue weighted by Gasteiger charge is -2.24. The van der Waals surface area contributed by atoms with Crippen LogP contribution in [0.25, 0.3) is 10.9 Å². The summed E-state index contributed by atoms with van der Waals surface area (Å²) in [6.07, 6.45) is -5.02. The van der Waals surface area contributed by atoms with Crippen molar-refractivity contribution in [3.05, 3.63) is 34.4 Å². The molecule has 3 rings (SSSR count). The summed E-state index contributed by atoms with van der Waals surface area (Å²) in [7, 11) is 0. The van der Waals surface area contributed by atoms with Gasteiger partial charge in [-0.05, 0) is 25.4 Å². The Bertz CT molecular complexity index is 986. The van der Waals surface area contributed by atoms with Gasteiger partial charge in [0.2, 0.25) is 0 Å². The first-order chi connectivity index (χ1) is 11.6. The average Bonchev–Trinajstić information content (AvgIpc) is 2.52. The maximum atomic E-state index is 12.9. The van der Waals surface area contributed by atoms with Crippen molar-refractivity contribution < 1.29 is 15.1 Å². The molecule has 1 aromatic carbocycles. The third-order valence-electron chi connectivity index (χ3n) is 3.41. The Labute approximate surface area is 126 Å². The van der Waals surface area contributed by atoms with Gasteiger partial charge in [0.05, 0.1) is 24.7 Å². The minimum Gasteiger partial charge on any atom is -0.398 e. The number of aromatic nitrogens is 2. The van der Waals surface area contributed by atoms with E-state index in [4.69, 9.17) is 11.2 Å². The van der Waals surface area contributed by atoms with E-state index >= 15 is 0 Å². The zero-order valence-electron chi connectivity index (χ0n) is 15.2. The Morgan fingerprint density at radius 3 is 3.00 bits per heavy atom. The molecule has 0 radical (unpaired) electrons. The van der Waals surface area contributed by atoms with E-state index < -0.39 is 42.4 Å². The number of nitrogens with two attached hydrogens (primary N) is 1. The molecule has 2 unspecified atom stereocenters. The summed E-state index contributed by atoms with van der Waals surface area (Å²) in [4.78, 5) is 41.1. The van der Waals surface area contributed by atoms with Crippen LogP contribution in [0.5, 0.6) is 0 Å². The standard InChI is InChI=1S/C15H15N3O3/c1-8-17-11-4-2-3-10(16)14(11)15(21)18(8)12-6-5-9(19)7-13(12)20/h2-4,12H,5-7,16H2,1H3/i4D,5D2,6D. The molecule has 1 aliphatic carbocycles. The fourth-order valence-corrected chi connectivity index (χ4v) is 2.42. The second-order valence-corrected chi connectivity index (χ2v) is 4.81. The Kier molecular flexibility index (Phi) is 2.16. The number of nitrogens with zero attached hydrogens (tertiary/aromatic N) is 2. The third kappa shape index (κ3) is 2.12. The lowest BCUT2D eigenvalue weighted by atomic mass is 9.92. The molecule has 2 N–H and O–H groups in total. The van der Waals surface area contributed by atoms with Gasteiger partial charge in [-0.15, -0.1) is 0 Å². The van der Waals surface area contributed by atoms with Crippen LogP contribution in [0.4, 0.5) is 5.69 Å². The maximum Gasteiger partial charge on any atom is 0.264 e. The molecule has 108 valence electrons. The number of carbonyl (C=O) groups is 2. The van der Waals surface area contributed by atoms with Gasteiger partial charge in [0.15, 0.2) is 5.78 Å². The summed E-state index contributed by atoms with van der Waals surface area (Å²) in [5.41, 5.74) is 5.24. The molecule has 0 spiro atoms. The van der Waals surface area contributed by atoms with Crippen molar-refractivity contribution in [1.82, 2.24) is 9.55 Å². The number of benzene rings is 1. The van der Waals surface area contributed by atoms with Crippen molar-refractivity contribution in [3.63, 3.8) is 0 Å². The summed E-state index contributed by atoms with van der Waals surface area (Å²) >= 11 is 0. The normalized spacial score (nSPS) is 27.9. The fourth-order valence-electron chi connectivity index (χ4n) is 2.42. The molecule has 0 aliphatic heterocycles. The van der Waals surface area contributed by atoms with Gasteiger partial charge < -0.3 is 5.73 Å². The second kappa shape index (κ2) is 4.80. The number of ketones is 2. The lowest BCUT2D eigenvalue weighted by Crippen LogP contribution is -2.36. The molecule has 1 aliphatic rings. The number of nitrogen functional groups attached to an aromatic ring is 1. The van der Waals surface area contributed by atoms with Gasteiger partial charge in [0.1, 0.15) is 11.6 Å². The monoisotopic (exact) mass is 289 g/mol. The van der Waals surface area contributed by atoms with Gasteiger partial charge in [-0.25, -0.2) is 4.98 Å². The van der Waals surface area contributed by atoms with Gasteiger partial charge in [-0.1, -0.05) is 6.07 Å². The van der Waals surface area contributed by atoms with Gasteiger partial charge in [-0.3, -0.25) is 19.0 Å². The van der Waals surface area contributed by atoms with E-state index in [-0.39, 0.29) is 28.5 Å². The van der Waals surface area contributed by atoms with Crippen LogP contribution >= 0.6 is 0 Å². The van der Waals surface area contributed by atoms with E-state index in [2.05, 4.69) is 4.98 Å². The number of hydrogen-bond acceptors (Lipinski definition) is 5. The van der Waals surface area contributed by atoms with Gasteiger partial charge in [0, 0.05) is 16.2 Å². The first kappa shape index (κ1) is 9.44. The SMILES string of the molecule is [2H]c1ccc(N)c2c(=O)n(C3C(=O)CC(=O)C([2H])([2H])C3[2H])c(C)nc12. The van der Waals surface area contributed by atoms with Crippen LogP contribution in [-0.2, 0) is 9.59 Å². The summed E-state index contributed by atoms with van der Waals surface area (Å²) in [6.45, 7) is 1.43. The van der Waals surface area contributed by atoms with Gasteiger partial charge in [0.25, 0.3) is 5.56 Å². The molecule has 6 heteroatoms. The number of carbonyl (C=O) groups excluding carboxylic acids is 2. The molecule has 1 aromatic heterocycles. The van der Waals surface area contributed by atoms with Crippen LogP contribution in [-0.4, -0.2) is 21.1 Å². The maximum absolute atomic E-state index is 12.9. The molecular weight excluding hydrogens is 270 g/mol. The second-order valence-electron chi connectivity index (χ2n) is 4.81. The highest BCUT2D eigenvalue weighted by atomic mass is 16.2. The molecule has 21 heavy (non-hydrogen) atoms. The van der Waals surface area contributed by atoms with Crippen molar-refractivity contribution in [2.24, 2.45) is 0 Å². The largest absolute Gasteiger partial charge is 0.398 e. The minimum atomic E-state index is -2.55. The molecule has 1 heterocycles. The Hall–Kier alpha value is -2.50. The number of Topliss-reactive ketones (excluding diaryl/α,β-unsaturated/α-hetero) is 2. The van der Waals surface area contributed by atoms with Crippen molar-refractivity contribution >= 4 is 28.2 Å². The quantitative estimate of drug-likeness (QED) is 0.627. The molecule has 1 saturated carbocycles. The molecule has 0 amide bonds. The Morgan fingerprint density at radius 1 is 1.48 bits per heavy atom. The predicted molar refractivity (Wildman–Crippen MR) is 78.1 cm³/mol. The van der Waals surface area contributed by atoms with E-state index in [1.807, 2.05) is 0 Å². The summed E-state index contributed by atoms with van der Waals surface area (Å²) in [5.74, 6) is -1.63. The molecule has 2 aromatic rings. The molecule has 1 fully saturated rings. The van der Waals surface area contributed by atoms with Crippen LogP contribution in [0.2, 0.25) is 0 Å². The fraction of sp³-hybridized carbons (Fsp3) is 0.333. The molecule has 0 bridgehead atoms. The number of aryl methyl sites for hydroxylation is 1. The average molecular weight is 289 g/mol. The van der Waals surface area contributed by atoms with Gasteiger partial charge in [-0.2, -0.15) is 0 Å². The van der Waals surface area contributed by atoms with Crippen molar-refractivity contribution in [2.75, 3.05) is 5.73 Å². The van der Waals surface area contributed by atoms with E-state index in [1.165, 1.54) is 19.1 Å². The van der Waals surface area contributed by atoms with Crippen molar-refractivity contribution in [3.8, 4) is 0 Å². The van der Waals surface area contributed by atoms with Crippen molar-refractivity contribution in [1.29, 1.82) is 0 Å². The smallest absolute Gasteiger partial charge is 0.264 e. The topological polar surface area (TPSA) is 95.0 Å². The Morgan fingerprint density at radius 2 is 2.24 bits per heavy atom. The van der Waals surface area contributed by atoms with E-state index in [0.29, 0.717) is 0 Å². The highest BCUT2D eigenvalue weighted by Crippen LogP contribution is 2.24. The highest BCUT2D eigenvalue weighted by Gasteiger charge is 2.30. The zero-order valence-corrected chi connectivity index (χ0v) is 11.2. The van der Waals surface area contributed by atoms with E-state index in [1.54, 1.807) is 0 Å². The summed E-state index contributed by atoms with van der Waals surface area (Å²) in [6, 6.07) is 1.27. The number of rotatable bonds is 1. The molecule has 0 saturated heterocycles. The summed E-state index contributed by atoms with van der Waals surface area (Å²) in [5, 5.41) is -0.0597. The minimum absolute atomic E-state index is 0.0144. The predicted octanol–water partition coefficient (Wildman–Crippen LogP) is 1.15. The van der Waals surface area contributed by atoms with E-state index in [0.717, 1.165) is 4.57 Å². The van der Waals surface area contributed by atoms with Crippen LogP contribution in [0.15, 0.2) is 23.0 Å². The van der Waals surface area contributed by atoms with Crippen molar-refractivity contribution in [2.45, 2.75) is 32.2 Å². The van der Waals surface area contributed by atoms with Gasteiger partial charge >= 0.3 is 0 Å². The first-order valence-corrected chi connectivity index (χ1v) is 6.33. The van der Waals surface area contributed by atoms with E-state index in [9.17, 15) is 14.4 Å². The number of fused-ring (bicyclic) bond motifs is 1. The zero-order chi connectivity index (χ0) is 18.7.